The first kappa shape index (κ1) is 20.7. The second-order valence-corrected chi connectivity index (χ2v) is 7.32. The summed E-state index contributed by atoms with van der Waals surface area (Å²) in [6.45, 7) is 1.75. The Labute approximate surface area is 180 Å². The fourth-order valence-electron chi connectivity index (χ4n) is 3.31. The largest absolute Gasteiger partial charge is 0.350 e. The van der Waals surface area contributed by atoms with Crippen molar-refractivity contribution in [1.82, 2.24) is 0 Å². The Morgan fingerprint density at radius 3 is 2.19 bits per heavy atom. The van der Waals surface area contributed by atoms with Crippen molar-refractivity contribution in [2.24, 2.45) is 0 Å². The van der Waals surface area contributed by atoms with Crippen LogP contribution in [0.2, 0.25) is 5.02 Å². The zero-order valence-electron chi connectivity index (χ0n) is 16.0. The van der Waals surface area contributed by atoms with Crippen LogP contribution in [0, 0.1) is 24.4 Å². The van der Waals surface area contributed by atoms with Gasteiger partial charge in [-0.3, -0.25) is 9.59 Å². The van der Waals surface area contributed by atoms with Crippen LogP contribution in [-0.2, 0) is 9.59 Å². The third kappa shape index (κ3) is 3.80. The number of hydrogen-bond acceptors (Lipinski definition) is 3. The molecule has 0 radical (unpaired) electrons. The summed E-state index contributed by atoms with van der Waals surface area (Å²) in [5, 5.41) is 3.39. The van der Waals surface area contributed by atoms with Crippen LogP contribution in [0.3, 0.4) is 0 Å². The van der Waals surface area contributed by atoms with E-state index in [4.69, 9.17) is 11.6 Å². The first-order chi connectivity index (χ1) is 14.8. The van der Waals surface area contributed by atoms with E-state index < -0.39 is 35.0 Å². The number of anilines is 2. The Kier molecular flexibility index (Phi) is 5.29. The van der Waals surface area contributed by atoms with E-state index in [1.54, 1.807) is 25.1 Å². The highest BCUT2D eigenvalue weighted by atomic mass is 35.5. The predicted octanol–water partition coefficient (Wildman–Crippen LogP) is 5.46. The molecule has 156 valence electrons. The van der Waals surface area contributed by atoms with Gasteiger partial charge in [-0.1, -0.05) is 23.7 Å². The molecule has 4 rings (SSSR count). The molecule has 3 aromatic rings. The van der Waals surface area contributed by atoms with Crippen LogP contribution in [0.1, 0.15) is 11.1 Å². The first-order valence-corrected chi connectivity index (χ1v) is 9.51. The van der Waals surface area contributed by atoms with Crippen LogP contribution in [0.4, 0.5) is 24.5 Å². The maximum Gasteiger partial charge on any atom is 0.282 e. The summed E-state index contributed by atoms with van der Waals surface area (Å²) >= 11 is 5.98. The molecule has 0 atom stereocenters. The quantitative estimate of drug-likeness (QED) is 0.546. The molecule has 0 saturated carbocycles. The van der Waals surface area contributed by atoms with Gasteiger partial charge in [0.05, 0.1) is 11.3 Å². The zero-order chi connectivity index (χ0) is 22.3. The monoisotopic (exact) mass is 442 g/mol. The number of hydrogen-bond donors (Lipinski definition) is 1. The van der Waals surface area contributed by atoms with Crippen LogP contribution in [0.25, 0.3) is 5.57 Å². The Morgan fingerprint density at radius 1 is 0.839 bits per heavy atom. The van der Waals surface area contributed by atoms with Gasteiger partial charge in [-0.15, -0.1) is 0 Å². The van der Waals surface area contributed by atoms with Crippen molar-refractivity contribution in [3.05, 3.63) is 100.0 Å². The lowest BCUT2D eigenvalue weighted by Crippen LogP contribution is -2.33. The number of carbonyl (C=O) groups excluding carboxylic acids is 2. The molecule has 3 aromatic carbocycles. The van der Waals surface area contributed by atoms with Crippen LogP contribution in [-0.4, -0.2) is 11.8 Å². The average Bonchev–Trinajstić information content (AvgIpc) is 2.96. The maximum atomic E-state index is 14.4. The minimum Gasteiger partial charge on any atom is -0.350 e. The minimum atomic E-state index is -0.939. The van der Waals surface area contributed by atoms with E-state index in [0.717, 1.165) is 30.3 Å². The van der Waals surface area contributed by atoms with Gasteiger partial charge in [-0.05, 0) is 60.5 Å². The lowest BCUT2D eigenvalue weighted by Gasteiger charge is -2.16. The number of nitrogens with one attached hydrogen (secondary N) is 1. The van der Waals surface area contributed by atoms with Gasteiger partial charge in [-0.25, -0.2) is 18.1 Å². The number of benzene rings is 3. The van der Waals surface area contributed by atoms with Crippen molar-refractivity contribution in [2.75, 3.05) is 10.2 Å². The summed E-state index contributed by atoms with van der Waals surface area (Å²) in [7, 11) is 0. The summed E-state index contributed by atoms with van der Waals surface area (Å²) in [5.74, 6) is -4.02. The van der Waals surface area contributed by atoms with Crippen LogP contribution >= 0.6 is 11.6 Å². The smallest absolute Gasteiger partial charge is 0.282 e. The van der Waals surface area contributed by atoms with E-state index in [0.29, 0.717) is 21.2 Å². The number of imide groups is 1. The molecule has 2 amide bonds. The molecule has 0 bridgehead atoms. The molecule has 1 N–H and O–H groups in total. The number of amides is 2. The summed E-state index contributed by atoms with van der Waals surface area (Å²) in [6.07, 6.45) is 0. The number of rotatable bonds is 4. The molecule has 1 heterocycles. The standard InChI is InChI=1S/C23H14ClF3N2O2/c1-12-10-14(24)4-9-18(12)28-21-20(13-2-5-15(25)6-3-13)22(30)29(23(21)31)19-11-16(26)7-8-17(19)27/h2-11,28H,1H3. The van der Waals surface area contributed by atoms with Crippen molar-refractivity contribution in [3.63, 3.8) is 0 Å². The van der Waals surface area contributed by atoms with Crippen LogP contribution in [0.5, 0.6) is 0 Å². The van der Waals surface area contributed by atoms with Gasteiger partial charge in [0, 0.05) is 16.8 Å². The van der Waals surface area contributed by atoms with E-state index in [1.165, 1.54) is 12.1 Å². The van der Waals surface area contributed by atoms with Gasteiger partial charge in [0.25, 0.3) is 11.8 Å². The third-order valence-corrected chi connectivity index (χ3v) is 5.05. The van der Waals surface area contributed by atoms with Gasteiger partial charge in [0.15, 0.2) is 0 Å². The Bertz CT molecular complexity index is 1260. The summed E-state index contributed by atoms with van der Waals surface area (Å²) < 4.78 is 41.6. The number of nitrogens with zero attached hydrogens (tertiary/aromatic N) is 1. The number of carbonyl (C=O) groups is 2. The number of halogens is 4. The third-order valence-electron chi connectivity index (χ3n) is 4.81. The van der Waals surface area contributed by atoms with Crippen molar-refractivity contribution < 1.29 is 22.8 Å². The molecule has 0 aliphatic carbocycles. The van der Waals surface area contributed by atoms with Gasteiger partial charge >= 0.3 is 0 Å². The van der Waals surface area contributed by atoms with E-state index in [1.807, 2.05) is 0 Å². The highest BCUT2D eigenvalue weighted by molar-refractivity contribution is 6.46. The average molecular weight is 443 g/mol. The molecule has 0 spiro atoms. The van der Waals surface area contributed by atoms with E-state index in [-0.39, 0.29) is 16.8 Å². The lowest BCUT2D eigenvalue weighted by molar-refractivity contribution is -0.120. The van der Waals surface area contributed by atoms with Crippen LogP contribution < -0.4 is 10.2 Å². The predicted molar refractivity (Wildman–Crippen MR) is 112 cm³/mol. The first-order valence-electron chi connectivity index (χ1n) is 9.13. The topological polar surface area (TPSA) is 49.4 Å². The molecule has 0 unspecified atom stereocenters. The normalized spacial score (nSPS) is 13.9. The van der Waals surface area contributed by atoms with Gasteiger partial charge in [-0.2, -0.15) is 0 Å². The van der Waals surface area contributed by atoms with Crippen molar-refractivity contribution in [1.29, 1.82) is 0 Å². The Hall–Kier alpha value is -3.58. The SMILES string of the molecule is Cc1cc(Cl)ccc1NC1=C(c2ccc(F)cc2)C(=O)N(c2cc(F)ccc2F)C1=O. The molecule has 31 heavy (non-hydrogen) atoms. The van der Waals surface area contributed by atoms with E-state index in [9.17, 15) is 22.8 Å². The van der Waals surface area contributed by atoms with Gasteiger partial charge < -0.3 is 5.32 Å². The summed E-state index contributed by atoms with van der Waals surface area (Å²) in [5.41, 5.74) is 0.664. The van der Waals surface area contributed by atoms with Crippen molar-refractivity contribution in [2.45, 2.75) is 6.92 Å². The second kappa shape index (κ2) is 7.92. The highest BCUT2D eigenvalue weighted by Crippen LogP contribution is 2.35. The van der Waals surface area contributed by atoms with E-state index >= 15 is 0 Å². The molecule has 1 aliphatic heterocycles. The lowest BCUT2D eigenvalue weighted by atomic mass is 10.0. The zero-order valence-corrected chi connectivity index (χ0v) is 16.8. The molecule has 4 nitrogen and oxygen atoms in total. The van der Waals surface area contributed by atoms with Gasteiger partial charge in [0.1, 0.15) is 23.1 Å². The molecular formula is C23H14ClF3N2O2. The van der Waals surface area contributed by atoms with E-state index in [2.05, 4.69) is 5.32 Å². The summed E-state index contributed by atoms with van der Waals surface area (Å²) in [6, 6.07) is 12.3. The molecular weight excluding hydrogens is 429 g/mol. The fraction of sp³-hybridized carbons (Fsp3) is 0.0435. The van der Waals surface area contributed by atoms with Crippen molar-refractivity contribution in [3.8, 4) is 0 Å². The highest BCUT2D eigenvalue weighted by Gasteiger charge is 2.41. The fourth-order valence-corrected chi connectivity index (χ4v) is 3.53. The van der Waals surface area contributed by atoms with Crippen molar-refractivity contribution >= 4 is 40.4 Å². The summed E-state index contributed by atoms with van der Waals surface area (Å²) in [4.78, 5) is 27.0. The minimum absolute atomic E-state index is 0.0944. The molecule has 1 aliphatic rings. The number of aryl methyl sites for hydroxylation is 1. The maximum absolute atomic E-state index is 14.4. The molecule has 0 aromatic heterocycles. The van der Waals surface area contributed by atoms with Crippen LogP contribution in [0.15, 0.2) is 66.4 Å². The Balaban J connectivity index is 1.87. The van der Waals surface area contributed by atoms with Gasteiger partial charge in [0.2, 0.25) is 0 Å². The molecule has 8 heteroatoms. The molecule has 0 saturated heterocycles. The Morgan fingerprint density at radius 2 is 1.52 bits per heavy atom. The second-order valence-electron chi connectivity index (χ2n) is 6.88. The molecule has 0 fully saturated rings.